The maximum atomic E-state index is 12.6. The molecule has 80 valence electrons. The minimum absolute atomic E-state index is 0.404. The molecule has 15 heavy (non-hydrogen) atoms. The van der Waals surface area contributed by atoms with Crippen molar-refractivity contribution in [2.75, 3.05) is 0 Å². The zero-order chi connectivity index (χ0) is 11.6. The first-order valence-electron chi connectivity index (χ1n) is 3.77. The molecule has 1 aromatic carbocycles. The summed E-state index contributed by atoms with van der Waals surface area (Å²) in [5, 5.41) is 7.98. The van der Waals surface area contributed by atoms with Crippen molar-refractivity contribution in [3.63, 3.8) is 0 Å². The van der Waals surface area contributed by atoms with Gasteiger partial charge < -0.3 is 0 Å². The van der Waals surface area contributed by atoms with Crippen LogP contribution in [-0.2, 0) is 0 Å². The van der Waals surface area contributed by atoms with Gasteiger partial charge in [0.05, 0.1) is 6.07 Å². The Labute approximate surface area is 87.9 Å². The molecule has 1 nitrogen and oxygen atoms in total. The van der Waals surface area contributed by atoms with Crippen LogP contribution in [0.15, 0.2) is 18.2 Å². The van der Waals surface area contributed by atoms with Gasteiger partial charge in [-0.15, -0.1) is 0 Å². The second-order valence-corrected chi connectivity index (χ2v) is 3.18. The van der Waals surface area contributed by atoms with Crippen LogP contribution in [-0.4, -0.2) is 6.18 Å². The van der Waals surface area contributed by atoms with Gasteiger partial charge in [-0.25, -0.2) is 4.39 Å². The van der Waals surface area contributed by atoms with E-state index < -0.39 is 28.5 Å². The number of halogens is 5. The largest absolute Gasteiger partial charge is 0.408 e. The van der Waals surface area contributed by atoms with Crippen molar-refractivity contribution in [3.8, 4) is 6.07 Å². The van der Waals surface area contributed by atoms with E-state index >= 15 is 0 Å². The van der Waals surface area contributed by atoms with Gasteiger partial charge >= 0.3 is 6.18 Å². The summed E-state index contributed by atoms with van der Waals surface area (Å²) in [6, 6.07) is 3.52. The molecule has 1 unspecified atom stereocenters. The smallest absolute Gasteiger partial charge is 0.207 e. The lowest BCUT2D eigenvalue weighted by Crippen LogP contribution is -2.19. The Hall–Kier alpha value is -1.28. The van der Waals surface area contributed by atoms with Crippen molar-refractivity contribution in [2.24, 2.45) is 0 Å². The molecule has 6 heteroatoms. The molecule has 0 amide bonds. The van der Waals surface area contributed by atoms with Crippen LogP contribution in [0.5, 0.6) is 0 Å². The van der Waals surface area contributed by atoms with E-state index in [1.165, 1.54) is 0 Å². The average molecular weight is 238 g/mol. The fraction of sp³-hybridized carbons (Fsp3) is 0.222. The van der Waals surface area contributed by atoms with E-state index in [4.69, 9.17) is 16.9 Å². The first-order valence-corrected chi connectivity index (χ1v) is 4.15. The Morgan fingerprint density at radius 3 is 2.33 bits per heavy atom. The van der Waals surface area contributed by atoms with Gasteiger partial charge in [0, 0.05) is 5.02 Å². The Balaban J connectivity index is 3.21. The van der Waals surface area contributed by atoms with Gasteiger partial charge in [-0.2, -0.15) is 18.4 Å². The van der Waals surface area contributed by atoms with Crippen molar-refractivity contribution in [2.45, 2.75) is 12.1 Å². The molecule has 0 aliphatic heterocycles. The maximum absolute atomic E-state index is 12.6. The third-order valence-corrected chi connectivity index (χ3v) is 2.06. The number of benzene rings is 1. The van der Waals surface area contributed by atoms with Crippen molar-refractivity contribution < 1.29 is 17.6 Å². The summed E-state index contributed by atoms with van der Waals surface area (Å²) in [4.78, 5) is 0. The van der Waals surface area contributed by atoms with Gasteiger partial charge in [-0.1, -0.05) is 17.7 Å². The monoisotopic (exact) mass is 237 g/mol. The number of rotatable bonds is 1. The van der Waals surface area contributed by atoms with Gasteiger partial charge in [0.1, 0.15) is 5.82 Å². The van der Waals surface area contributed by atoms with E-state index in [0.29, 0.717) is 0 Å². The van der Waals surface area contributed by atoms with E-state index in [1.807, 2.05) is 0 Å². The molecule has 0 bridgehead atoms. The molecular formula is C9H4ClF4N. The molecule has 1 rings (SSSR count). The molecule has 0 saturated heterocycles. The normalized spacial score (nSPS) is 13.3. The molecule has 0 N–H and O–H groups in total. The third kappa shape index (κ3) is 2.60. The summed E-state index contributed by atoms with van der Waals surface area (Å²) in [6.45, 7) is 0. The predicted molar refractivity (Wildman–Crippen MR) is 45.8 cm³/mol. The highest BCUT2D eigenvalue weighted by atomic mass is 35.5. The summed E-state index contributed by atoms with van der Waals surface area (Å²) >= 11 is 5.42. The molecule has 0 heterocycles. The maximum Gasteiger partial charge on any atom is 0.408 e. The SMILES string of the molecule is N#CC(c1ccc(F)cc1Cl)C(F)(F)F. The molecule has 1 aromatic rings. The van der Waals surface area contributed by atoms with E-state index in [-0.39, 0.29) is 0 Å². The summed E-state index contributed by atoms with van der Waals surface area (Å²) in [6.07, 6.45) is -4.71. The quantitative estimate of drug-likeness (QED) is 0.684. The number of nitrogens with zero attached hydrogens (tertiary/aromatic N) is 1. The van der Waals surface area contributed by atoms with Crippen LogP contribution in [0.4, 0.5) is 17.6 Å². The van der Waals surface area contributed by atoms with Gasteiger partial charge in [0.15, 0.2) is 5.92 Å². The lowest BCUT2D eigenvalue weighted by atomic mass is 10.0. The predicted octanol–water partition coefficient (Wildman–Crippen LogP) is 3.65. The molecular weight excluding hydrogens is 234 g/mol. The first kappa shape index (κ1) is 11.8. The highest BCUT2D eigenvalue weighted by Crippen LogP contribution is 2.37. The minimum atomic E-state index is -4.71. The topological polar surface area (TPSA) is 23.8 Å². The first-order chi connectivity index (χ1) is 6.86. The molecule has 1 atom stereocenters. The summed E-state index contributed by atoms with van der Waals surface area (Å²) in [5.41, 5.74) is -0.437. The fourth-order valence-electron chi connectivity index (χ4n) is 1.05. The molecule has 0 saturated carbocycles. The molecule has 0 radical (unpaired) electrons. The number of hydrogen-bond acceptors (Lipinski definition) is 1. The second-order valence-electron chi connectivity index (χ2n) is 2.77. The van der Waals surface area contributed by atoms with Gasteiger partial charge in [0.25, 0.3) is 0 Å². The summed E-state index contributed by atoms with van der Waals surface area (Å²) in [5.74, 6) is -3.08. The zero-order valence-electron chi connectivity index (χ0n) is 7.15. The molecule has 0 aliphatic carbocycles. The van der Waals surface area contributed by atoms with Crippen molar-refractivity contribution in [3.05, 3.63) is 34.6 Å². The summed E-state index contributed by atoms with van der Waals surface area (Å²) < 4.78 is 49.5. The Morgan fingerprint density at radius 2 is 1.93 bits per heavy atom. The van der Waals surface area contributed by atoms with Crippen molar-refractivity contribution in [1.82, 2.24) is 0 Å². The highest BCUT2D eigenvalue weighted by Gasteiger charge is 2.42. The van der Waals surface area contributed by atoms with Crippen LogP contribution >= 0.6 is 11.6 Å². The average Bonchev–Trinajstić information content (AvgIpc) is 2.07. The van der Waals surface area contributed by atoms with Gasteiger partial charge in [-0.3, -0.25) is 0 Å². The van der Waals surface area contributed by atoms with Crippen LogP contribution in [0.3, 0.4) is 0 Å². The minimum Gasteiger partial charge on any atom is -0.207 e. The third-order valence-electron chi connectivity index (χ3n) is 1.73. The molecule has 0 aliphatic rings. The lowest BCUT2D eigenvalue weighted by Gasteiger charge is -2.14. The van der Waals surface area contributed by atoms with Gasteiger partial charge in [-0.05, 0) is 17.7 Å². The van der Waals surface area contributed by atoms with Crippen LogP contribution in [0.2, 0.25) is 5.02 Å². The molecule has 0 spiro atoms. The standard InChI is InChI=1S/C9H4ClF4N/c10-8-3-5(11)1-2-6(8)7(4-15)9(12,13)14/h1-3,7H. The van der Waals surface area contributed by atoms with Crippen LogP contribution in [0.25, 0.3) is 0 Å². The number of alkyl halides is 3. The zero-order valence-corrected chi connectivity index (χ0v) is 7.90. The summed E-state index contributed by atoms with van der Waals surface area (Å²) in [7, 11) is 0. The second kappa shape index (κ2) is 4.07. The highest BCUT2D eigenvalue weighted by molar-refractivity contribution is 6.31. The van der Waals surface area contributed by atoms with E-state index in [0.717, 1.165) is 24.3 Å². The van der Waals surface area contributed by atoms with Crippen LogP contribution < -0.4 is 0 Å². The van der Waals surface area contributed by atoms with E-state index in [2.05, 4.69) is 0 Å². The Bertz CT molecular complexity index is 408. The number of hydrogen-bond donors (Lipinski definition) is 0. The van der Waals surface area contributed by atoms with Gasteiger partial charge in [0.2, 0.25) is 0 Å². The number of nitriles is 1. The molecule has 0 aromatic heterocycles. The fourth-order valence-corrected chi connectivity index (χ4v) is 1.33. The van der Waals surface area contributed by atoms with Crippen LogP contribution in [0, 0.1) is 17.1 Å². The van der Waals surface area contributed by atoms with Crippen molar-refractivity contribution >= 4 is 11.6 Å². The molecule has 0 fully saturated rings. The van der Waals surface area contributed by atoms with Crippen molar-refractivity contribution in [1.29, 1.82) is 5.26 Å². The van der Waals surface area contributed by atoms with Crippen LogP contribution in [0.1, 0.15) is 11.5 Å². The van der Waals surface area contributed by atoms with E-state index in [9.17, 15) is 17.6 Å². The van der Waals surface area contributed by atoms with E-state index in [1.54, 1.807) is 0 Å². The Morgan fingerprint density at radius 1 is 1.33 bits per heavy atom. The Kier molecular flexibility index (Phi) is 3.20. The lowest BCUT2D eigenvalue weighted by molar-refractivity contribution is -0.137.